The molecule has 0 saturated heterocycles. The molecule has 0 spiro atoms. The second kappa shape index (κ2) is 9.05. The molecule has 2 rings (SSSR count). The van der Waals surface area contributed by atoms with E-state index in [4.69, 9.17) is 4.74 Å². The topological polar surface area (TPSA) is 69.0 Å². The van der Waals surface area contributed by atoms with Gasteiger partial charge >= 0.3 is 0 Å². The molecule has 0 aliphatic heterocycles. The molecule has 0 radical (unpaired) electrons. The van der Waals surface area contributed by atoms with Crippen molar-refractivity contribution >= 4 is 5.91 Å². The van der Waals surface area contributed by atoms with Crippen LogP contribution in [0.1, 0.15) is 36.3 Å². The monoisotopic (exact) mass is 316 g/mol. The van der Waals surface area contributed by atoms with Gasteiger partial charge in [0.05, 0.1) is 12.7 Å². The molecule has 124 valence electrons. The van der Waals surface area contributed by atoms with Gasteiger partial charge in [0.15, 0.2) is 5.69 Å². The van der Waals surface area contributed by atoms with Crippen molar-refractivity contribution in [2.75, 3.05) is 19.8 Å². The fraction of sp³-hybridized carbons (Fsp3) is 0.471. The average Bonchev–Trinajstić information content (AvgIpc) is 3.00. The van der Waals surface area contributed by atoms with Crippen molar-refractivity contribution in [2.45, 2.75) is 26.8 Å². The van der Waals surface area contributed by atoms with Crippen LogP contribution in [-0.2, 0) is 11.3 Å². The average molecular weight is 316 g/mol. The number of aromatic nitrogens is 3. The van der Waals surface area contributed by atoms with Crippen LogP contribution in [0.25, 0.3) is 0 Å². The third-order valence-corrected chi connectivity index (χ3v) is 3.16. The van der Waals surface area contributed by atoms with Crippen LogP contribution in [0.15, 0.2) is 36.5 Å². The Morgan fingerprint density at radius 3 is 2.83 bits per heavy atom. The van der Waals surface area contributed by atoms with Crippen LogP contribution in [0.4, 0.5) is 0 Å². The molecule has 1 aromatic heterocycles. The third-order valence-electron chi connectivity index (χ3n) is 3.16. The summed E-state index contributed by atoms with van der Waals surface area (Å²) >= 11 is 0. The number of hydrogen-bond donors (Lipinski definition) is 1. The number of benzene rings is 1. The van der Waals surface area contributed by atoms with Crippen LogP contribution >= 0.6 is 0 Å². The number of nitrogens with zero attached hydrogens (tertiary/aromatic N) is 3. The smallest absolute Gasteiger partial charge is 0.273 e. The van der Waals surface area contributed by atoms with Crippen molar-refractivity contribution < 1.29 is 9.53 Å². The van der Waals surface area contributed by atoms with Gasteiger partial charge in [0.2, 0.25) is 0 Å². The first-order valence-corrected chi connectivity index (χ1v) is 7.95. The zero-order valence-corrected chi connectivity index (χ0v) is 13.7. The fourth-order valence-electron chi connectivity index (χ4n) is 2.04. The third kappa shape index (κ3) is 6.20. The van der Waals surface area contributed by atoms with Gasteiger partial charge < -0.3 is 10.1 Å². The first kappa shape index (κ1) is 17.1. The van der Waals surface area contributed by atoms with E-state index in [0.29, 0.717) is 31.3 Å². The SMILES string of the molecule is CC(C)COCCCNC(=O)c1cn(Cc2ccccc2)nn1. The minimum Gasteiger partial charge on any atom is -0.381 e. The molecule has 0 fully saturated rings. The Bertz CT molecular complexity index is 596. The van der Waals surface area contributed by atoms with Crippen molar-refractivity contribution in [2.24, 2.45) is 5.92 Å². The first-order valence-electron chi connectivity index (χ1n) is 7.95. The number of ether oxygens (including phenoxy) is 1. The molecule has 6 nitrogen and oxygen atoms in total. The molecule has 1 heterocycles. The lowest BCUT2D eigenvalue weighted by Gasteiger charge is -2.06. The molecule has 0 saturated carbocycles. The van der Waals surface area contributed by atoms with Gasteiger partial charge in [0.25, 0.3) is 5.91 Å². The standard InChI is InChI=1S/C17H24N4O2/c1-14(2)13-23-10-6-9-18-17(22)16-12-21(20-19-16)11-15-7-4-3-5-8-15/h3-5,7-8,12,14H,6,9-11,13H2,1-2H3,(H,18,22). The van der Waals surface area contributed by atoms with Crippen LogP contribution in [0.3, 0.4) is 0 Å². The van der Waals surface area contributed by atoms with Gasteiger partial charge in [-0.3, -0.25) is 4.79 Å². The van der Waals surface area contributed by atoms with Gasteiger partial charge in [-0.15, -0.1) is 5.10 Å². The van der Waals surface area contributed by atoms with E-state index >= 15 is 0 Å². The van der Waals surface area contributed by atoms with Crippen LogP contribution in [-0.4, -0.2) is 40.7 Å². The minimum atomic E-state index is -0.201. The summed E-state index contributed by atoms with van der Waals surface area (Å²) in [5.74, 6) is 0.331. The minimum absolute atomic E-state index is 0.201. The summed E-state index contributed by atoms with van der Waals surface area (Å²) < 4.78 is 7.13. The van der Waals surface area contributed by atoms with Gasteiger partial charge in [-0.05, 0) is 17.9 Å². The molecule has 0 aliphatic carbocycles. The van der Waals surface area contributed by atoms with Crippen LogP contribution in [0, 0.1) is 5.92 Å². The largest absolute Gasteiger partial charge is 0.381 e. The lowest BCUT2D eigenvalue weighted by molar-refractivity contribution is 0.0920. The molecule has 0 unspecified atom stereocenters. The maximum atomic E-state index is 12.0. The number of nitrogens with one attached hydrogen (secondary N) is 1. The van der Waals surface area contributed by atoms with Gasteiger partial charge in [-0.2, -0.15) is 0 Å². The van der Waals surface area contributed by atoms with Gasteiger partial charge in [0, 0.05) is 19.8 Å². The Morgan fingerprint density at radius 2 is 2.09 bits per heavy atom. The van der Waals surface area contributed by atoms with E-state index < -0.39 is 0 Å². The number of hydrogen-bond acceptors (Lipinski definition) is 4. The second-order valence-electron chi connectivity index (χ2n) is 5.87. The Morgan fingerprint density at radius 1 is 1.30 bits per heavy atom. The number of amides is 1. The van der Waals surface area contributed by atoms with Crippen molar-refractivity contribution in [3.8, 4) is 0 Å². The highest BCUT2D eigenvalue weighted by Crippen LogP contribution is 2.02. The molecular weight excluding hydrogens is 292 g/mol. The second-order valence-corrected chi connectivity index (χ2v) is 5.87. The molecule has 23 heavy (non-hydrogen) atoms. The Balaban J connectivity index is 1.71. The Labute approximate surface area is 136 Å². The maximum Gasteiger partial charge on any atom is 0.273 e. The molecule has 1 aromatic carbocycles. The highest BCUT2D eigenvalue weighted by Gasteiger charge is 2.10. The predicted octanol–water partition coefficient (Wildman–Crippen LogP) is 2.12. The Hall–Kier alpha value is -2.21. The number of rotatable bonds is 9. The Kier molecular flexibility index (Phi) is 6.75. The van der Waals surface area contributed by atoms with Crippen LogP contribution < -0.4 is 5.32 Å². The number of carbonyl (C=O) groups is 1. The molecule has 0 atom stereocenters. The van der Waals surface area contributed by atoms with E-state index in [0.717, 1.165) is 18.6 Å². The van der Waals surface area contributed by atoms with Gasteiger partial charge in [-0.25, -0.2) is 4.68 Å². The van der Waals surface area contributed by atoms with E-state index in [-0.39, 0.29) is 5.91 Å². The van der Waals surface area contributed by atoms with Crippen LogP contribution in [0.2, 0.25) is 0 Å². The summed E-state index contributed by atoms with van der Waals surface area (Å²) in [6, 6.07) is 9.94. The normalized spacial score (nSPS) is 10.9. The molecule has 2 aromatic rings. The zero-order valence-electron chi connectivity index (χ0n) is 13.7. The summed E-state index contributed by atoms with van der Waals surface area (Å²) in [7, 11) is 0. The summed E-state index contributed by atoms with van der Waals surface area (Å²) in [4.78, 5) is 12.0. The number of carbonyl (C=O) groups excluding carboxylic acids is 1. The lowest BCUT2D eigenvalue weighted by Crippen LogP contribution is -2.25. The van der Waals surface area contributed by atoms with Crippen molar-refractivity contribution in [1.82, 2.24) is 20.3 Å². The van der Waals surface area contributed by atoms with Gasteiger partial charge in [-0.1, -0.05) is 49.4 Å². The van der Waals surface area contributed by atoms with E-state index in [1.54, 1.807) is 10.9 Å². The summed E-state index contributed by atoms with van der Waals surface area (Å²) in [5.41, 5.74) is 1.45. The fourth-order valence-corrected chi connectivity index (χ4v) is 2.04. The van der Waals surface area contributed by atoms with E-state index in [9.17, 15) is 4.79 Å². The summed E-state index contributed by atoms with van der Waals surface area (Å²) in [6.07, 6.45) is 2.45. The van der Waals surface area contributed by atoms with E-state index in [2.05, 4.69) is 29.5 Å². The molecular formula is C17H24N4O2. The van der Waals surface area contributed by atoms with Crippen molar-refractivity contribution in [3.05, 3.63) is 47.8 Å². The van der Waals surface area contributed by atoms with E-state index in [1.165, 1.54) is 0 Å². The predicted molar refractivity (Wildman–Crippen MR) is 88.2 cm³/mol. The highest BCUT2D eigenvalue weighted by atomic mass is 16.5. The van der Waals surface area contributed by atoms with Crippen molar-refractivity contribution in [1.29, 1.82) is 0 Å². The summed E-state index contributed by atoms with van der Waals surface area (Å²) in [6.45, 7) is 6.80. The summed E-state index contributed by atoms with van der Waals surface area (Å²) in [5, 5.41) is 10.7. The molecule has 6 heteroatoms. The van der Waals surface area contributed by atoms with E-state index in [1.807, 2.05) is 30.3 Å². The molecule has 0 aliphatic rings. The molecule has 1 amide bonds. The molecule has 1 N–H and O–H groups in total. The quantitative estimate of drug-likeness (QED) is 0.720. The molecule has 0 bridgehead atoms. The lowest BCUT2D eigenvalue weighted by atomic mass is 10.2. The maximum absolute atomic E-state index is 12.0. The van der Waals surface area contributed by atoms with Gasteiger partial charge in [0.1, 0.15) is 0 Å². The van der Waals surface area contributed by atoms with Crippen molar-refractivity contribution in [3.63, 3.8) is 0 Å². The highest BCUT2D eigenvalue weighted by molar-refractivity contribution is 5.91. The van der Waals surface area contributed by atoms with Crippen LogP contribution in [0.5, 0.6) is 0 Å². The zero-order chi connectivity index (χ0) is 16.5. The first-order chi connectivity index (χ1) is 11.1.